The van der Waals surface area contributed by atoms with E-state index in [1.807, 2.05) is 60.7 Å². The summed E-state index contributed by atoms with van der Waals surface area (Å²) >= 11 is 0. The molecule has 0 aromatic heterocycles. The first kappa shape index (κ1) is 12.7. The van der Waals surface area contributed by atoms with E-state index in [0.717, 1.165) is 32.7 Å². The molecule has 0 aliphatic heterocycles. The minimum Gasteiger partial charge on any atom is -0.507 e. The predicted molar refractivity (Wildman–Crippen MR) is 90.2 cm³/mol. The largest absolute Gasteiger partial charge is 0.507 e. The molecular formula is C20H14O2. The summed E-state index contributed by atoms with van der Waals surface area (Å²) in [6.07, 6.45) is 0. The van der Waals surface area contributed by atoms with Crippen molar-refractivity contribution in [1.82, 2.24) is 0 Å². The van der Waals surface area contributed by atoms with E-state index in [2.05, 4.69) is 0 Å². The lowest BCUT2D eigenvalue weighted by Gasteiger charge is -2.12. The van der Waals surface area contributed by atoms with Gasteiger partial charge in [-0.25, -0.2) is 0 Å². The first-order valence-corrected chi connectivity index (χ1v) is 7.17. The molecule has 0 unspecified atom stereocenters. The molecule has 0 aliphatic rings. The Morgan fingerprint density at radius 3 is 1.18 bits per heavy atom. The van der Waals surface area contributed by atoms with Gasteiger partial charge in [0.15, 0.2) is 0 Å². The van der Waals surface area contributed by atoms with Gasteiger partial charge in [0, 0.05) is 10.8 Å². The number of fused-ring (bicyclic) bond motifs is 2. The van der Waals surface area contributed by atoms with E-state index in [4.69, 9.17) is 0 Å². The van der Waals surface area contributed by atoms with E-state index in [1.165, 1.54) is 0 Å². The molecule has 0 radical (unpaired) electrons. The summed E-state index contributed by atoms with van der Waals surface area (Å²) in [6, 6.07) is 22.9. The summed E-state index contributed by atoms with van der Waals surface area (Å²) < 4.78 is 0. The monoisotopic (exact) mass is 286 g/mol. The van der Waals surface area contributed by atoms with Crippen LogP contribution in [0.15, 0.2) is 72.8 Å². The Morgan fingerprint density at radius 2 is 0.773 bits per heavy atom. The summed E-state index contributed by atoms with van der Waals surface area (Å²) in [6.45, 7) is 0. The highest BCUT2D eigenvalue weighted by Crippen LogP contribution is 2.39. The second kappa shape index (κ2) is 4.78. The second-order valence-electron chi connectivity index (χ2n) is 5.36. The van der Waals surface area contributed by atoms with E-state index >= 15 is 0 Å². The fourth-order valence-corrected chi connectivity index (χ4v) is 3.04. The predicted octanol–water partition coefficient (Wildman–Crippen LogP) is 5.07. The number of aromatic hydroxyl groups is 2. The zero-order valence-corrected chi connectivity index (χ0v) is 11.8. The third-order valence-corrected chi connectivity index (χ3v) is 4.09. The second-order valence-corrected chi connectivity index (χ2v) is 5.36. The van der Waals surface area contributed by atoms with E-state index in [-0.39, 0.29) is 11.5 Å². The number of rotatable bonds is 1. The molecule has 2 N–H and O–H groups in total. The number of hydrogen-bond donors (Lipinski definition) is 2. The fourth-order valence-electron chi connectivity index (χ4n) is 3.04. The quantitative estimate of drug-likeness (QED) is 0.513. The van der Waals surface area contributed by atoms with Crippen LogP contribution in [0.4, 0.5) is 0 Å². The van der Waals surface area contributed by atoms with Crippen LogP contribution in [-0.4, -0.2) is 10.2 Å². The van der Waals surface area contributed by atoms with Crippen LogP contribution in [-0.2, 0) is 0 Å². The third kappa shape index (κ3) is 1.81. The van der Waals surface area contributed by atoms with Crippen LogP contribution in [0.3, 0.4) is 0 Å². The average Bonchev–Trinajstić information content (AvgIpc) is 2.57. The van der Waals surface area contributed by atoms with Crippen molar-refractivity contribution in [2.45, 2.75) is 0 Å². The van der Waals surface area contributed by atoms with Gasteiger partial charge in [-0.15, -0.1) is 0 Å². The topological polar surface area (TPSA) is 40.5 Å². The molecule has 4 rings (SSSR count). The van der Waals surface area contributed by atoms with E-state index < -0.39 is 0 Å². The van der Waals surface area contributed by atoms with E-state index in [0.29, 0.717) is 0 Å². The first-order chi connectivity index (χ1) is 10.8. The molecule has 4 aromatic carbocycles. The van der Waals surface area contributed by atoms with Crippen LogP contribution in [0.2, 0.25) is 0 Å². The molecule has 0 atom stereocenters. The summed E-state index contributed by atoms with van der Waals surface area (Å²) in [7, 11) is 0. The maximum Gasteiger partial charge on any atom is 0.123 e. The molecule has 0 fully saturated rings. The lowest BCUT2D eigenvalue weighted by atomic mass is 9.93. The molecule has 2 nitrogen and oxygen atoms in total. The Labute approximate surface area is 127 Å². The lowest BCUT2D eigenvalue weighted by Crippen LogP contribution is -1.85. The standard InChI is InChI=1S/C20H14O2/c21-19-11-9-15(13-5-1-3-7-17(13)19)16-10-12-20(22)18-8-4-2-6-14(16)18/h1-12,21-22H. The smallest absolute Gasteiger partial charge is 0.123 e. The summed E-state index contributed by atoms with van der Waals surface area (Å²) in [5.74, 6) is 0.560. The summed E-state index contributed by atoms with van der Waals surface area (Å²) in [5, 5.41) is 23.8. The minimum atomic E-state index is 0.280. The van der Waals surface area contributed by atoms with Crippen molar-refractivity contribution in [2.24, 2.45) is 0 Å². The maximum atomic E-state index is 10.1. The molecule has 0 bridgehead atoms. The molecule has 4 aromatic rings. The summed E-state index contributed by atoms with van der Waals surface area (Å²) in [4.78, 5) is 0. The van der Waals surface area contributed by atoms with Crippen LogP contribution >= 0.6 is 0 Å². The number of benzene rings is 4. The SMILES string of the molecule is Oc1ccc(-c2ccc(O)c3ccccc23)c2ccccc12. The van der Waals surface area contributed by atoms with Crippen LogP contribution in [0.25, 0.3) is 32.7 Å². The van der Waals surface area contributed by atoms with E-state index in [1.54, 1.807) is 12.1 Å². The average molecular weight is 286 g/mol. The molecule has 2 heteroatoms. The van der Waals surface area contributed by atoms with Gasteiger partial charge < -0.3 is 10.2 Å². The van der Waals surface area contributed by atoms with Crippen LogP contribution in [0.5, 0.6) is 11.5 Å². The molecule has 0 spiro atoms. The first-order valence-electron chi connectivity index (χ1n) is 7.17. The van der Waals surface area contributed by atoms with Crippen molar-refractivity contribution < 1.29 is 10.2 Å². The van der Waals surface area contributed by atoms with Gasteiger partial charge in [0.25, 0.3) is 0 Å². The third-order valence-electron chi connectivity index (χ3n) is 4.09. The van der Waals surface area contributed by atoms with Crippen molar-refractivity contribution in [3.8, 4) is 22.6 Å². The number of phenolic OH excluding ortho intramolecular Hbond substituents is 2. The van der Waals surface area contributed by atoms with Gasteiger partial charge in [0.1, 0.15) is 11.5 Å². The highest BCUT2D eigenvalue weighted by molar-refractivity contribution is 6.08. The summed E-state index contributed by atoms with van der Waals surface area (Å²) in [5.41, 5.74) is 2.09. The van der Waals surface area contributed by atoms with Crippen molar-refractivity contribution in [3.63, 3.8) is 0 Å². The highest BCUT2D eigenvalue weighted by Gasteiger charge is 2.11. The molecule has 0 amide bonds. The van der Waals surface area contributed by atoms with Crippen LogP contribution < -0.4 is 0 Å². The van der Waals surface area contributed by atoms with Crippen molar-refractivity contribution >= 4 is 21.5 Å². The molecule has 0 saturated carbocycles. The van der Waals surface area contributed by atoms with Gasteiger partial charge >= 0.3 is 0 Å². The minimum absolute atomic E-state index is 0.280. The molecule has 22 heavy (non-hydrogen) atoms. The molecule has 0 aliphatic carbocycles. The Morgan fingerprint density at radius 1 is 0.409 bits per heavy atom. The van der Waals surface area contributed by atoms with Crippen LogP contribution in [0.1, 0.15) is 0 Å². The van der Waals surface area contributed by atoms with Crippen molar-refractivity contribution in [2.75, 3.05) is 0 Å². The zero-order chi connectivity index (χ0) is 15.1. The lowest BCUT2D eigenvalue weighted by molar-refractivity contribution is 0.481. The number of phenols is 2. The van der Waals surface area contributed by atoms with Gasteiger partial charge in [0.2, 0.25) is 0 Å². The molecular weight excluding hydrogens is 272 g/mol. The van der Waals surface area contributed by atoms with Gasteiger partial charge in [-0.1, -0.05) is 60.7 Å². The fraction of sp³-hybridized carbons (Fsp3) is 0. The Balaban J connectivity index is 2.13. The molecule has 106 valence electrons. The Kier molecular flexibility index (Phi) is 2.76. The molecule has 0 saturated heterocycles. The van der Waals surface area contributed by atoms with Gasteiger partial charge in [-0.2, -0.15) is 0 Å². The van der Waals surface area contributed by atoms with E-state index in [9.17, 15) is 10.2 Å². The zero-order valence-electron chi connectivity index (χ0n) is 11.8. The highest BCUT2D eigenvalue weighted by atomic mass is 16.3. The normalized spacial score (nSPS) is 11.1. The van der Waals surface area contributed by atoms with Crippen molar-refractivity contribution in [3.05, 3.63) is 72.8 Å². The Hall–Kier alpha value is -3.00. The number of hydrogen-bond acceptors (Lipinski definition) is 2. The van der Waals surface area contributed by atoms with Gasteiger partial charge in [0.05, 0.1) is 0 Å². The van der Waals surface area contributed by atoms with Crippen LogP contribution in [0, 0.1) is 0 Å². The molecule has 0 heterocycles. The Bertz CT molecular complexity index is 920. The van der Waals surface area contributed by atoms with Crippen molar-refractivity contribution in [1.29, 1.82) is 0 Å². The van der Waals surface area contributed by atoms with Gasteiger partial charge in [-0.3, -0.25) is 0 Å². The maximum absolute atomic E-state index is 10.1. The van der Waals surface area contributed by atoms with Gasteiger partial charge in [-0.05, 0) is 34.0 Å².